The van der Waals surface area contributed by atoms with E-state index in [-0.39, 0.29) is 10.8 Å². The second kappa shape index (κ2) is 12.8. The molecule has 0 bridgehead atoms. The molecular weight excluding hydrogens is 703 g/mol. The van der Waals surface area contributed by atoms with E-state index in [1.54, 1.807) is 0 Å². The van der Waals surface area contributed by atoms with Crippen molar-refractivity contribution in [3.8, 4) is 22.3 Å². The van der Waals surface area contributed by atoms with Crippen molar-refractivity contribution in [1.29, 1.82) is 0 Å². The molecule has 9 aromatic rings. The standard InChI is InChI=1S/C56H43NO/c1-55(2)47-25-13-11-22-41(47)43-31-29-37(35-49(43)55)45(34-38-17-15-24-44-42-23-12-14-26-48(42)56(3,4)54(38)44)36-30-32-51-46(33-36)53-50(27-16-28-52(53)58-51)57(39-18-7-5-8-19-39)40-20-9-6-10-21-40/h5-35H,1-4H3/b45-34-. The fourth-order valence-electron chi connectivity index (χ4n) is 10.1. The first-order chi connectivity index (χ1) is 28.3. The van der Waals surface area contributed by atoms with E-state index < -0.39 is 0 Å². The minimum Gasteiger partial charge on any atom is -0.456 e. The quantitative estimate of drug-likeness (QED) is 0.158. The van der Waals surface area contributed by atoms with Crippen LogP contribution in [0.25, 0.3) is 55.8 Å². The number of hydrogen-bond donors (Lipinski definition) is 0. The van der Waals surface area contributed by atoms with Gasteiger partial charge in [-0.2, -0.15) is 0 Å². The lowest BCUT2D eigenvalue weighted by Crippen LogP contribution is -2.16. The van der Waals surface area contributed by atoms with Gasteiger partial charge in [0.2, 0.25) is 0 Å². The third kappa shape index (κ3) is 5.11. The van der Waals surface area contributed by atoms with E-state index in [4.69, 9.17) is 4.42 Å². The van der Waals surface area contributed by atoms with Crippen molar-refractivity contribution < 1.29 is 4.42 Å². The molecule has 8 aromatic carbocycles. The van der Waals surface area contributed by atoms with Crippen LogP contribution in [0.5, 0.6) is 0 Å². The monoisotopic (exact) mass is 745 g/mol. The second-order valence-electron chi connectivity index (χ2n) is 16.9. The highest BCUT2D eigenvalue weighted by Crippen LogP contribution is 2.52. The summed E-state index contributed by atoms with van der Waals surface area (Å²) < 4.78 is 6.67. The predicted molar refractivity (Wildman–Crippen MR) is 243 cm³/mol. The molecule has 1 aromatic heterocycles. The molecule has 0 saturated carbocycles. The molecule has 2 heteroatoms. The van der Waals surface area contributed by atoms with Crippen molar-refractivity contribution in [1.82, 2.24) is 0 Å². The van der Waals surface area contributed by atoms with Crippen molar-refractivity contribution in [2.75, 3.05) is 4.90 Å². The topological polar surface area (TPSA) is 16.4 Å². The Balaban J connectivity index is 1.16. The van der Waals surface area contributed by atoms with Crippen LogP contribution >= 0.6 is 0 Å². The Morgan fingerprint density at radius 2 is 1.03 bits per heavy atom. The predicted octanol–water partition coefficient (Wildman–Crippen LogP) is 15.3. The normalized spacial score (nSPS) is 14.6. The Morgan fingerprint density at radius 1 is 0.466 bits per heavy atom. The SMILES string of the molecule is CC1(C)c2ccccc2-c2ccc(/C(=C\c3cccc4c3C(C)(C)c3ccccc3-4)c3ccc4oc5cccc(N(c6ccccc6)c6ccccc6)c5c4c3)cc21. The molecule has 0 saturated heterocycles. The number of nitrogens with zero attached hydrogens (tertiary/aromatic N) is 1. The van der Waals surface area contributed by atoms with Crippen LogP contribution in [0.1, 0.15) is 66.6 Å². The van der Waals surface area contributed by atoms with Crippen molar-refractivity contribution in [3.63, 3.8) is 0 Å². The number of furan rings is 1. The summed E-state index contributed by atoms with van der Waals surface area (Å²) in [5.41, 5.74) is 20.3. The molecule has 0 aliphatic heterocycles. The Bertz CT molecular complexity index is 3070. The molecule has 0 unspecified atom stereocenters. The highest BCUT2D eigenvalue weighted by Gasteiger charge is 2.38. The fraction of sp³-hybridized carbons (Fsp3) is 0.107. The third-order valence-electron chi connectivity index (χ3n) is 12.9. The van der Waals surface area contributed by atoms with E-state index in [0.717, 1.165) is 44.6 Å². The van der Waals surface area contributed by atoms with E-state index in [1.165, 1.54) is 61.2 Å². The summed E-state index contributed by atoms with van der Waals surface area (Å²) in [5.74, 6) is 0. The van der Waals surface area contributed by atoms with Gasteiger partial charge in [0.05, 0.1) is 11.1 Å². The molecule has 58 heavy (non-hydrogen) atoms. The number of hydrogen-bond acceptors (Lipinski definition) is 2. The zero-order valence-electron chi connectivity index (χ0n) is 33.3. The molecule has 0 fully saturated rings. The lowest BCUT2D eigenvalue weighted by Gasteiger charge is -2.26. The minimum absolute atomic E-state index is 0.122. The third-order valence-corrected chi connectivity index (χ3v) is 12.9. The van der Waals surface area contributed by atoms with E-state index in [0.29, 0.717) is 0 Å². The molecule has 0 amide bonds. The lowest BCUT2D eigenvalue weighted by atomic mass is 9.79. The first kappa shape index (κ1) is 34.4. The van der Waals surface area contributed by atoms with Crippen LogP contribution in [0.3, 0.4) is 0 Å². The summed E-state index contributed by atoms with van der Waals surface area (Å²) >= 11 is 0. The van der Waals surface area contributed by atoms with Crippen molar-refractivity contribution in [2.24, 2.45) is 0 Å². The van der Waals surface area contributed by atoms with Gasteiger partial charge in [-0.15, -0.1) is 0 Å². The van der Waals surface area contributed by atoms with Crippen LogP contribution in [-0.4, -0.2) is 0 Å². The van der Waals surface area contributed by atoms with Crippen molar-refractivity contribution in [3.05, 3.63) is 221 Å². The van der Waals surface area contributed by atoms with Gasteiger partial charge >= 0.3 is 0 Å². The summed E-state index contributed by atoms with van der Waals surface area (Å²) in [7, 11) is 0. The second-order valence-corrected chi connectivity index (χ2v) is 16.9. The Kier molecular flexibility index (Phi) is 7.59. The number of rotatable bonds is 6. The lowest BCUT2D eigenvalue weighted by molar-refractivity contribution is 0.659. The summed E-state index contributed by atoms with van der Waals surface area (Å²) in [6.45, 7) is 9.48. The maximum absolute atomic E-state index is 6.67. The Morgan fingerprint density at radius 3 is 1.76 bits per heavy atom. The number of fused-ring (bicyclic) bond motifs is 9. The van der Waals surface area contributed by atoms with Crippen LogP contribution in [0.4, 0.5) is 17.1 Å². The Labute approximate surface area is 340 Å². The molecule has 0 radical (unpaired) electrons. The van der Waals surface area contributed by atoms with E-state index in [1.807, 2.05) is 0 Å². The van der Waals surface area contributed by atoms with Crippen LogP contribution in [0.15, 0.2) is 186 Å². The first-order valence-corrected chi connectivity index (χ1v) is 20.3. The average Bonchev–Trinajstić information content (AvgIpc) is 3.83. The van der Waals surface area contributed by atoms with Gasteiger partial charge < -0.3 is 9.32 Å². The van der Waals surface area contributed by atoms with Gasteiger partial charge in [0.1, 0.15) is 11.2 Å². The molecule has 0 spiro atoms. The van der Waals surface area contributed by atoms with Crippen LogP contribution in [0, 0.1) is 0 Å². The molecule has 0 atom stereocenters. The van der Waals surface area contributed by atoms with Crippen LogP contribution < -0.4 is 4.90 Å². The average molecular weight is 746 g/mol. The zero-order chi connectivity index (χ0) is 39.2. The van der Waals surface area contributed by atoms with E-state index in [2.05, 4.69) is 221 Å². The number of para-hydroxylation sites is 2. The molecule has 2 aliphatic rings. The summed E-state index contributed by atoms with van der Waals surface area (Å²) in [6, 6.07) is 66.2. The smallest absolute Gasteiger partial charge is 0.137 e. The van der Waals surface area contributed by atoms with Gasteiger partial charge in [-0.25, -0.2) is 0 Å². The van der Waals surface area contributed by atoms with E-state index >= 15 is 0 Å². The first-order valence-electron chi connectivity index (χ1n) is 20.3. The maximum atomic E-state index is 6.67. The van der Waals surface area contributed by atoms with Crippen molar-refractivity contribution >= 4 is 50.6 Å². The molecule has 2 aliphatic carbocycles. The van der Waals surface area contributed by atoms with Gasteiger partial charge in [-0.05, 0) is 127 Å². The largest absolute Gasteiger partial charge is 0.456 e. The van der Waals surface area contributed by atoms with Crippen molar-refractivity contribution in [2.45, 2.75) is 38.5 Å². The van der Waals surface area contributed by atoms with Crippen LogP contribution in [0.2, 0.25) is 0 Å². The Hall–Kier alpha value is -6.90. The fourth-order valence-corrected chi connectivity index (χ4v) is 10.1. The molecular formula is C56H43NO. The molecule has 11 rings (SSSR count). The van der Waals surface area contributed by atoms with Gasteiger partial charge in [0, 0.05) is 27.6 Å². The summed E-state index contributed by atoms with van der Waals surface area (Å²) in [5, 5.41) is 2.18. The van der Waals surface area contributed by atoms with Crippen LogP contribution in [-0.2, 0) is 10.8 Å². The number of anilines is 3. The summed E-state index contributed by atoms with van der Waals surface area (Å²) in [4.78, 5) is 2.34. The molecule has 278 valence electrons. The molecule has 0 N–H and O–H groups in total. The van der Waals surface area contributed by atoms with E-state index in [9.17, 15) is 0 Å². The molecule has 2 nitrogen and oxygen atoms in total. The van der Waals surface area contributed by atoms with Gasteiger partial charge in [-0.3, -0.25) is 0 Å². The minimum atomic E-state index is -0.149. The highest BCUT2D eigenvalue weighted by molar-refractivity contribution is 6.14. The number of benzene rings is 8. The van der Waals surface area contributed by atoms with Gasteiger partial charge in [0.15, 0.2) is 0 Å². The zero-order valence-corrected chi connectivity index (χ0v) is 33.3. The highest BCUT2D eigenvalue weighted by atomic mass is 16.3. The summed E-state index contributed by atoms with van der Waals surface area (Å²) in [6.07, 6.45) is 2.45. The molecule has 1 heterocycles. The maximum Gasteiger partial charge on any atom is 0.137 e. The van der Waals surface area contributed by atoms with Gasteiger partial charge in [-0.1, -0.05) is 155 Å². The van der Waals surface area contributed by atoms with Gasteiger partial charge in [0.25, 0.3) is 0 Å².